The summed E-state index contributed by atoms with van der Waals surface area (Å²) in [5, 5.41) is 9.35. The lowest BCUT2D eigenvalue weighted by Gasteiger charge is -2.15. The summed E-state index contributed by atoms with van der Waals surface area (Å²) in [5.41, 5.74) is 0. The predicted molar refractivity (Wildman–Crippen MR) is 50.3 cm³/mol. The van der Waals surface area contributed by atoms with Gasteiger partial charge in [-0.2, -0.15) is 0 Å². The Morgan fingerprint density at radius 2 is 2.08 bits per heavy atom. The minimum Gasteiger partial charge on any atom is -0.389 e. The number of aliphatic hydroxyl groups is 1. The number of hydrogen-bond donors (Lipinski definition) is 1. The van der Waals surface area contributed by atoms with Gasteiger partial charge in [-0.25, -0.2) is 0 Å². The zero-order valence-corrected chi connectivity index (χ0v) is 8.42. The lowest BCUT2D eigenvalue weighted by Crippen LogP contribution is -2.29. The molecule has 3 heteroatoms. The maximum Gasteiger partial charge on any atom is 0.0899 e. The van der Waals surface area contributed by atoms with Gasteiger partial charge in [0.25, 0.3) is 0 Å². The highest BCUT2D eigenvalue weighted by atomic mass is 16.5. The molecule has 0 aliphatic heterocycles. The van der Waals surface area contributed by atoms with Crippen molar-refractivity contribution < 1.29 is 9.84 Å². The van der Waals surface area contributed by atoms with Gasteiger partial charge in [-0.3, -0.25) is 0 Å². The zero-order chi connectivity index (χ0) is 9.40. The summed E-state index contributed by atoms with van der Waals surface area (Å²) in [4.78, 5) is 1.95. The summed E-state index contributed by atoms with van der Waals surface area (Å²) in [6, 6.07) is 0. The number of rotatable bonds is 7. The summed E-state index contributed by atoms with van der Waals surface area (Å²) in [7, 11) is 3.88. The van der Waals surface area contributed by atoms with Crippen LogP contribution in [0, 0.1) is 0 Å². The van der Waals surface area contributed by atoms with E-state index in [1.807, 2.05) is 19.0 Å². The van der Waals surface area contributed by atoms with Crippen LogP contribution < -0.4 is 0 Å². The quantitative estimate of drug-likeness (QED) is 0.579. The van der Waals surface area contributed by atoms with E-state index in [-0.39, 0.29) is 6.10 Å². The van der Waals surface area contributed by atoms with Crippen molar-refractivity contribution in [1.82, 2.24) is 4.90 Å². The van der Waals surface area contributed by atoms with E-state index >= 15 is 0 Å². The number of ether oxygens (including phenoxy) is 1. The lowest BCUT2D eigenvalue weighted by molar-refractivity contribution is 0.0233. The SMILES string of the molecule is CCCCOCC(O)CN(C)C. The van der Waals surface area contributed by atoms with Crippen molar-refractivity contribution in [2.24, 2.45) is 0 Å². The molecule has 1 atom stereocenters. The van der Waals surface area contributed by atoms with Crippen LogP contribution in [0.2, 0.25) is 0 Å². The van der Waals surface area contributed by atoms with Gasteiger partial charge in [-0.1, -0.05) is 13.3 Å². The number of unbranched alkanes of at least 4 members (excludes halogenated alkanes) is 1. The minimum absolute atomic E-state index is 0.350. The van der Waals surface area contributed by atoms with Crippen LogP contribution in [-0.2, 0) is 4.74 Å². The van der Waals surface area contributed by atoms with Crippen LogP contribution in [0.1, 0.15) is 19.8 Å². The normalized spacial score (nSPS) is 13.8. The van der Waals surface area contributed by atoms with Gasteiger partial charge in [0, 0.05) is 13.2 Å². The van der Waals surface area contributed by atoms with E-state index in [2.05, 4.69) is 6.92 Å². The summed E-state index contributed by atoms with van der Waals surface area (Å²) < 4.78 is 5.26. The molecule has 0 radical (unpaired) electrons. The maximum atomic E-state index is 9.35. The Kier molecular flexibility index (Phi) is 7.45. The second-order valence-electron chi connectivity index (χ2n) is 3.34. The highest BCUT2D eigenvalue weighted by Gasteiger charge is 2.04. The molecule has 1 unspecified atom stereocenters. The molecule has 0 bridgehead atoms. The van der Waals surface area contributed by atoms with Crippen molar-refractivity contribution in [3.05, 3.63) is 0 Å². The third kappa shape index (κ3) is 7.98. The van der Waals surface area contributed by atoms with Gasteiger partial charge in [-0.15, -0.1) is 0 Å². The van der Waals surface area contributed by atoms with E-state index in [1.54, 1.807) is 0 Å². The molecule has 0 aromatic rings. The standard InChI is InChI=1S/C9H21NO2/c1-4-5-6-12-8-9(11)7-10(2)3/h9,11H,4-8H2,1-3H3. The average Bonchev–Trinajstić information content (AvgIpc) is 1.97. The first-order chi connectivity index (χ1) is 5.66. The van der Waals surface area contributed by atoms with E-state index in [0.29, 0.717) is 13.2 Å². The number of nitrogens with zero attached hydrogens (tertiary/aromatic N) is 1. The van der Waals surface area contributed by atoms with Crippen molar-refractivity contribution in [2.75, 3.05) is 33.9 Å². The molecule has 3 nitrogen and oxygen atoms in total. The summed E-state index contributed by atoms with van der Waals surface area (Å²) in [6.07, 6.45) is 1.87. The van der Waals surface area contributed by atoms with Crippen LogP contribution in [0.15, 0.2) is 0 Å². The van der Waals surface area contributed by atoms with Crippen LogP contribution in [0.4, 0.5) is 0 Å². The van der Waals surface area contributed by atoms with Crippen molar-refractivity contribution in [3.63, 3.8) is 0 Å². The molecule has 74 valence electrons. The smallest absolute Gasteiger partial charge is 0.0899 e. The van der Waals surface area contributed by atoms with E-state index < -0.39 is 0 Å². The average molecular weight is 175 g/mol. The molecule has 12 heavy (non-hydrogen) atoms. The number of aliphatic hydroxyl groups excluding tert-OH is 1. The Bertz CT molecular complexity index is 96.5. The maximum absolute atomic E-state index is 9.35. The first-order valence-corrected chi connectivity index (χ1v) is 4.57. The molecule has 0 spiro atoms. The number of hydrogen-bond acceptors (Lipinski definition) is 3. The molecular formula is C9H21NO2. The molecule has 0 aromatic carbocycles. The van der Waals surface area contributed by atoms with E-state index in [1.165, 1.54) is 0 Å². The van der Waals surface area contributed by atoms with E-state index in [4.69, 9.17) is 4.74 Å². The minimum atomic E-state index is -0.350. The highest BCUT2D eigenvalue weighted by Crippen LogP contribution is 1.91. The third-order valence-corrected chi connectivity index (χ3v) is 1.53. The first-order valence-electron chi connectivity index (χ1n) is 4.57. The van der Waals surface area contributed by atoms with Gasteiger partial charge in [0.2, 0.25) is 0 Å². The highest BCUT2D eigenvalue weighted by molar-refractivity contribution is 4.56. The molecular weight excluding hydrogens is 154 g/mol. The molecule has 0 saturated heterocycles. The van der Waals surface area contributed by atoms with E-state index in [0.717, 1.165) is 19.4 Å². The van der Waals surface area contributed by atoms with Gasteiger partial charge in [0.1, 0.15) is 0 Å². The molecule has 0 aromatic heterocycles. The third-order valence-electron chi connectivity index (χ3n) is 1.53. The monoisotopic (exact) mass is 175 g/mol. The summed E-state index contributed by atoms with van der Waals surface area (Å²) in [5.74, 6) is 0. The largest absolute Gasteiger partial charge is 0.389 e. The predicted octanol–water partition coefficient (Wildman–Crippen LogP) is 0.726. The van der Waals surface area contributed by atoms with Crippen LogP contribution in [-0.4, -0.2) is 50.0 Å². The number of likely N-dealkylation sites (N-methyl/N-ethyl adjacent to an activating group) is 1. The molecule has 0 aliphatic rings. The van der Waals surface area contributed by atoms with Crippen molar-refractivity contribution in [2.45, 2.75) is 25.9 Å². The van der Waals surface area contributed by atoms with Crippen molar-refractivity contribution in [1.29, 1.82) is 0 Å². The van der Waals surface area contributed by atoms with Gasteiger partial charge in [0.05, 0.1) is 12.7 Å². The first kappa shape index (κ1) is 11.9. The molecule has 0 amide bonds. The Morgan fingerprint density at radius 3 is 2.58 bits per heavy atom. The molecule has 0 fully saturated rings. The van der Waals surface area contributed by atoms with Crippen molar-refractivity contribution in [3.8, 4) is 0 Å². The van der Waals surface area contributed by atoms with Crippen LogP contribution in [0.25, 0.3) is 0 Å². The van der Waals surface area contributed by atoms with Crippen LogP contribution in [0.3, 0.4) is 0 Å². The fraction of sp³-hybridized carbons (Fsp3) is 1.00. The second-order valence-corrected chi connectivity index (χ2v) is 3.34. The summed E-state index contributed by atoms with van der Waals surface area (Å²) >= 11 is 0. The van der Waals surface area contributed by atoms with Gasteiger partial charge < -0.3 is 14.7 Å². The molecule has 0 saturated carbocycles. The van der Waals surface area contributed by atoms with Gasteiger partial charge in [0.15, 0.2) is 0 Å². The molecule has 0 rings (SSSR count). The molecule has 0 heterocycles. The fourth-order valence-corrected chi connectivity index (χ4v) is 0.940. The van der Waals surface area contributed by atoms with Crippen LogP contribution in [0.5, 0.6) is 0 Å². The molecule has 0 aliphatic carbocycles. The fourth-order valence-electron chi connectivity index (χ4n) is 0.940. The molecule has 1 N–H and O–H groups in total. The van der Waals surface area contributed by atoms with E-state index in [9.17, 15) is 5.11 Å². The Labute approximate surface area is 75.3 Å². The lowest BCUT2D eigenvalue weighted by atomic mass is 10.3. The second kappa shape index (κ2) is 7.53. The Morgan fingerprint density at radius 1 is 1.42 bits per heavy atom. The Hall–Kier alpha value is -0.120. The Balaban J connectivity index is 3.14. The van der Waals surface area contributed by atoms with Gasteiger partial charge in [-0.05, 0) is 20.5 Å². The zero-order valence-electron chi connectivity index (χ0n) is 8.42. The van der Waals surface area contributed by atoms with Crippen molar-refractivity contribution >= 4 is 0 Å². The van der Waals surface area contributed by atoms with Crippen LogP contribution >= 0.6 is 0 Å². The topological polar surface area (TPSA) is 32.7 Å². The van der Waals surface area contributed by atoms with Gasteiger partial charge >= 0.3 is 0 Å². The summed E-state index contributed by atoms with van der Waals surface area (Å²) in [6.45, 7) is 4.02.